The van der Waals surface area contributed by atoms with Gasteiger partial charge in [-0.2, -0.15) is 9.41 Å². The number of nitrogens with zero attached hydrogens (tertiary/aromatic N) is 2. The van der Waals surface area contributed by atoms with Gasteiger partial charge < -0.3 is 5.32 Å². The largest absolute Gasteiger partial charge is 0.313 e. The van der Waals surface area contributed by atoms with Crippen molar-refractivity contribution in [2.75, 3.05) is 18.4 Å². The van der Waals surface area contributed by atoms with Crippen molar-refractivity contribution >= 4 is 43.9 Å². The van der Waals surface area contributed by atoms with E-state index in [1.54, 1.807) is 25.3 Å². The van der Waals surface area contributed by atoms with Crippen LogP contribution < -0.4 is 10.7 Å². The van der Waals surface area contributed by atoms with Gasteiger partial charge in [0.15, 0.2) is 0 Å². The summed E-state index contributed by atoms with van der Waals surface area (Å²) in [4.78, 5) is 24.9. The van der Waals surface area contributed by atoms with E-state index in [1.165, 1.54) is 39.9 Å². The zero-order chi connectivity index (χ0) is 21.0. The number of hydrazone groups is 1. The first-order valence-electron chi connectivity index (χ1n) is 9.09. The lowest BCUT2D eigenvalue weighted by atomic mass is 10.2. The molecule has 8 nitrogen and oxygen atoms in total. The van der Waals surface area contributed by atoms with Crippen LogP contribution in [0.25, 0.3) is 0 Å². The minimum atomic E-state index is -3.52. The molecule has 2 heterocycles. The first-order valence-corrected chi connectivity index (χ1v) is 11.4. The predicted molar refractivity (Wildman–Crippen MR) is 113 cm³/mol. The lowest BCUT2D eigenvalue weighted by Gasteiger charge is -2.15. The molecule has 0 bridgehead atoms. The number of benzene rings is 1. The Morgan fingerprint density at radius 1 is 1.03 bits per heavy atom. The molecule has 1 aliphatic heterocycles. The molecule has 1 aliphatic rings. The molecule has 0 spiro atoms. The Bertz CT molecular complexity index is 1030. The lowest BCUT2D eigenvalue weighted by molar-refractivity contribution is 0.0956. The first kappa shape index (κ1) is 21.2. The summed E-state index contributed by atoms with van der Waals surface area (Å²) in [7, 11) is -3.52. The number of carbonyl (C=O) groups excluding carboxylic acids is 2. The van der Waals surface area contributed by atoms with Crippen molar-refractivity contribution in [3.8, 4) is 0 Å². The molecule has 0 saturated carbocycles. The number of amides is 2. The van der Waals surface area contributed by atoms with Crippen LogP contribution in [0.2, 0.25) is 0 Å². The highest BCUT2D eigenvalue weighted by molar-refractivity contribution is 7.89. The highest BCUT2D eigenvalue weighted by atomic mass is 32.2. The summed E-state index contributed by atoms with van der Waals surface area (Å²) >= 11 is 1.22. The van der Waals surface area contributed by atoms with Crippen LogP contribution in [0.1, 0.15) is 47.4 Å². The summed E-state index contributed by atoms with van der Waals surface area (Å²) in [6.45, 7) is 4.55. The van der Waals surface area contributed by atoms with Gasteiger partial charge in [0.2, 0.25) is 10.0 Å². The zero-order valence-corrected chi connectivity index (χ0v) is 17.8. The molecular weight excluding hydrogens is 412 g/mol. The highest BCUT2D eigenvalue weighted by Crippen LogP contribution is 2.25. The van der Waals surface area contributed by atoms with Crippen LogP contribution in [0, 0.1) is 0 Å². The molecule has 10 heteroatoms. The number of nitrogens with one attached hydrogen (secondary N) is 2. The predicted octanol–water partition coefficient (Wildman–Crippen LogP) is 2.91. The molecule has 0 aliphatic carbocycles. The summed E-state index contributed by atoms with van der Waals surface area (Å²) in [6.07, 6.45) is 1.72. The van der Waals surface area contributed by atoms with Crippen molar-refractivity contribution in [3.63, 3.8) is 0 Å². The van der Waals surface area contributed by atoms with Gasteiger partial charge >= 0.3 is 0 Å². The summed E-state index contributed by atoms with van der Waals surface area (Å²) in [5.74, 6) is -0.850. The fourth-order valence-corrected chi connectivity index (χ4v) is 5.14. The number of anilines is 1. The molecule has 29 heavy (non-hydrogen) atoms. The Kier molecular flexibility index (Phi) is 6.46. The van der Waals surface area contributed by atoms with Gasteiger partial charge in [0, 0.05) is 24.4 Å². The van der Waals surface area contributed by atoms with Gasteiger partial charge in [0.25, 0.3) is 11.8 Å². The molecule has 1 saturated heterocycles. The third kappa shape index (κ3) is 4.89. The highest BCUT2D eigenvalue weighted by Gasteiger charge is 2.27. The molecule has 2 aromatic rings. The Morgan fingerprint density at radius 2 is 1.69 bits per heavy atom. The normalized spacial score (nSPS) is 14.4. The van der Waals surface area contributed by atoms with Gasteiger partial charge in [-0.25, -0.2) is 13.8 Å². The molecule has 1 fully saturated rings. The van der Waals surface area contributed by atoms with E-state index in [1.807, 2.05) is 0 Å². The second kappa shape index (κ2) is 8.85. The molecule has 3 rings (SSSR count). The van der Waals surface area contributed by atoms with E-state index >= 15 is 0 Å². The van der Waals surface area contributed by atoms with E-state index in [-0.39, 0.29) is 4.90 Å². The van der Waals surface area contributed by atoms with Gasteiger partial charge in [-0.05, 0) is 62.4 Å². The molecule has 0 unspecified atom stereocenters. The number of sulfonamides is 1. The third-order valence-corrected chi connectivity index (χ3v) is 7.08. The van der Waals surface area contributed by atoms with Gasteiger partial charge in [-0.15, -0.1) is 11.3 Å². The number of rotatable bonds is 6. The Labute approximate surface area is 173 Å². The fraction of sp³-hybridized carbons (Fsp3) is 0.316. The van der Waals surface area contributed by atoms with Crippen LogP contribution in [0.3, 0.4) is 0 Å². The molecule has 0 atom stereocenters. The standard InChI is InChI=1S/C19H22N4O4S2/c1-13(2)21-22-18(25)16-9-12-28-19(16)20-17(24)14-5-7-15(8-6-14)29(26,27)23-10-3-4-11-23/h5-9,12H,3-4,10-11H2,1-2H3,(H,20,24)(H,22,25). The molecular formula is C19H22N4O4S2. The van der Waals surface area contributed by atoms with Crippen molar-refractivity contribution in [2.24, 2.45) is 5.10 Å². The quantitative estimate of drug-likeness (QED) is 0.538. The van der Waals surface area contributed by atoms with Gasteiger partial charge in [-0.3, -0.25) is 9.59 Å². The Balaban J connectivity index is 1.72. The minimum Gasteiger partial charge on any atom is -0.313 e. The van der Waals surface area contributed by atoms with Crippen LogP contribution in [0.15, 0.2) is 45.7 Å². The third-order valence-electron chi connectivity index (χ3n) is 4.34. The fourth-order valence-electron chi connectivity index (χ4n) is 2.84. The SMILES string of the molecule is CC(C)=NNC(=O)c1ccsc1NC(=O)c1ccc(S(=O)(=O)N2CCCC2)cc1. The number of carbonyl (C=O) groups is 2. The minimum absolute atomic E-state index is 0.167. The Morgan fingerprint density at radius 3 is 2.31 bits per heavy atom. The molecule has 2 amide bonds. The maximum Gasteiger partial charge on any atom is 0.274 e. The second-order valence-electron chi connectivity index (χ2n) is 6.75. The molecule has 1 aromatic heterocycles. The molecule has 2 N–H and O–H groups in total. The van der Waals surface area contributed by atoms with E-state index in [9.17, 15) is 18.0 Å². The van der Waals surface area contributed by atoms with Crippen molar-refractivity contribution in [1.29, 1.82) is 0 Å². The van der Waals surface area contributed by atoms with E-state index in [2.05, 4.69) is 15.8 Å². The Hall–Kier alpha value is -2.56. The average molecular weight is 435 g/mol. The summed E-state index contributed by atoms with van der Waals surface area (Å²) in [5, 5.41) is 8.66. The van der Waals surface area contributed by atoms with Crippen molar-refractivity contribution in [3.05, 3.63) is 46.8 Å². The van der Waals surface area contributed by atoms with Gasteiger partial charge in [-0.1, -0.05) is 0 Å². The van der Waals surface area contributed by atoms with Crippen molar-refractivity contribution < 1.29 is 18.0 Å². The maximum atomic E-state index is 12.6. The van der Waals surface area contributed by atoms with Crippen LogP contribution in [0.5, 0.6) is 0 Å². The van der Waals surface area contributed by atoms with Crippen LogP contribution in [-0.2, 0) is 10.0 Å². The first-order chi connectivity index (χ1) is 13.8. The second-order valence-corrected chi connectivity index (χ2v) is 9.61. The summed E-state index contributed by atoms with van der Waals surface area (Å²) in [5.41, 5.74) is 3.72. The zero-order valence-electron chi connectivity index (χ0n) is 16.1. The van der Waals surface area contributed by atoms with E-state index < -0.39 is 21.8 Å². The van der Waals surface area contributed by atoms with E-state index in [0.717, 1.165) is 12.8 Å². The lowest BCUT2D eigenvalue weighted by Crippen LogP contribution is -2.27. The average Bonchev–Trinajstić information content (AvgIpc) is 3.38. The molecule has 1 aromatic carbocycles. The topological polar surface area (TPSA) is 108 Å². The number of hydrogen-bond acceptors (Lipinski definition) is 6. The van der Waals surface area contributed by atoms with Crippen LogP contribution in [0.4, 0.5) is 5.00 Å². The van der Waals surface area contributed by atoms with Crippen LogP contribution in [-0.4, -0.2) is 43.3 Å². The number of thiophene rings is 1. The molecule has 154 valence electrons. The maximum absolute atomic E-state index is 12.6. The van der Waals surface area contributed by atoms with Gasteiger partial charge in [0.05, 0.1) is 10.5 Å². The van der Waals surface area contributed by atoms with Crippen LogP contribution >= 0.6 is 11.3 Å². The van der Waals surface area contributed by atoms with E-state index in [4.69, 9.17) is 0 Å². The van der Waals surface area contributed by atoms with Crippen molar-refractivity contribution in [1.82, 2.24) is 9.73 Å². The summed E-state index contributed by atoms with van der Waals surface area (Å²) in [6, 6.07) is 7.40. The van der Waals surface area contributed by atoms with Gasteiger partial charge in [0.1, 0.15) is 5.00 Å². The monoisotopic (exact) mass is 434 g/mol. The van der Waals surface area contributed by atoms with E-state index in [0.29, 0.717) is 34.9 Å². The van der Waals surface area contributed by atoms with Crippen molar-refractivity contribution in [2.45, 2.75) is 31.6 Å². The summed E-state index contributed by atoms with van der Waals surface area (Å²) < 4.78 is 26.6. The smallest absolute Gasteiger partial charge is 0.274 e. The molecule has 0 radical (unpaired) electrons. The number of hydrogen-bond donors (Lipinski definition) is 2.